The van der Waals surface area contributed by atoms with Crippen LogP contribution in [0, 0.1) is 13.8 Å². The Bertz CT molecular complexity index is 961. The van der Waals surface area contributed by atoms with Crippen molar-refractivity contribution < 1.29 is 35.7 Å². The molecular weight excluding hydrogens is 380 g/mol. The van der Waals surface area contributed by atoms with Gasteiger partial charge >= 0.3 is 5.97 Å². The summed E-state index contributed by atoms with van der Waals surface area (Å²) in [5, 5.41) is 0. The Kier molecular flexibility index (Phi) is 7.18. The molecular formula is C21H23ClN2O4. The van der Waals surface area contributed by atoms with Crippen LogP contribution in [0.2, 0.25) is 0 Å². The van der Waals surface area contributed by atoms with Gasteiger partial charge < -0.3 is 26.1 Å². The average Bonchev–Trinajstić information content (AvgIpc) is 3.26. The van der Waals surface area contributed by atoms with Gasteiger partial charge in [0.25, 0.3) is 0 Å². The molecule has 3 heterocycles. The number of rotatable bonds is 7. The molecule has 0 aliphatic rings. The maximum absolute atomic E-state index is 12.8. The molecule has 0 bridgehead atoms. The highest BCUT2D eigenvalue weighted by Gasteiger charge is 2.20. The fourth-order valence-electron chi connectivity index (χ4n) is 3.09. The van der Waals surface area contributed by atoms with Crippen molar-refractivity contribution in [3.05, 3.63) is 77.3 Å². The molecule has 0 aliphatic carbocycles. The van der Waals surface area contributed by atoms with Gasteiger partial charge in [-0.15, -0.1) is 0 Å². The van der Waals surface area contributed by atoms with Gasteiger partial charge in [-0.3, -0.25) is 4.79 Å². The average molecular weight is 403 g/mol. The van der Waals surface area contributed by atoms with Crippen LogP contribution in [0.25, 0.3) is 0 Å². The summed E-state index contributed by atoms with van der Waals surface area (Å²) in [4.78, 5) is 24.7. The Morgan fingerprint density at radius 3 is 2.68 bits per heavy atom. The van der Waals surface area contributed by atoms with E-state index < -0.39 is 5.97 Å². The highest BCUT2D eigenvalue weighted by molar-refractivity contribution is 5.96. The highest BCUT2D eigenvalue weighted by atomic mass is 35.5. The summed E-state index contributed by atoms with van der Waals surface area (Å²) in [5.41, 5.74) is 3.00. The molecule has 0 unspecified atom stereocenters. The molecule has 0 aliphatic heterocycles. The van der Waals surface area contributed by atoms with E-state index in [9.17, 15) is 9.59 Å². The van der Waals surface area contributed by atoms with Gasteiger partial charge in [-0.2, -0.15) is 4.57 Å². The number of carbonyl (C=O) groups excluding carboxylic acids is 2. The second-order valence-electron chi connectivity index (χ2n) is 6.36. The summed E-state index contributed by atoms with van der Waals surface area (Å²) >= 11 is 0. The number of Topliss-reactive ketones (excluding diaryl/α,β-unsaturated/α-hetero) is 1. The van der Waals surface area contributed by atoms with Crippen molar-refractivity contribution in [1.82, 2.24) is 4.57 Å². The number of furan rings is 1. The molecule has 0 saturated heterocycles. The third kappa shape index (κ3) is 4.70. The second kappa shape index (κ2) is 9.37. The van der Waals surface area contributed by atoms with Crippen LogP contribution in [0.15, 0.2) is 53.4 Å². The van der Waals surface area contributed by atoms with Crippen LogP contribution in [0.3, 0.4) is 0 Å². The highest BCUT2D eigenvalue weighted by Crippen LogP contribution is 2.18. The zero-order valence-electron chi connectivity index (χ0n) is 16.1. The van der Waals surface area contributed by atoms with E-state index in [1.165, 1.54) is 0 Å². The van der Waals surface area contributed by atoms with E-state index in [0.717, 1.165) is 17.1 Å². The van der Waals surface area contributed by atoms with E-state index in [2.05, 4.69) is 4.57 Å². The number of carbonyl (C=O) groups is 2. The molecule has 3 aromatic rings. The van der Waals surface area contributed by atoms with Crippen molar-refractivity contribution in [2.75, 3.05) is 6.61 Å². The van der Waals surface area contributed by atoms with Gasteiger partial charge in [0.1, 0.15) is 11.3 Å². The van der Waals surface area contributed by atoms with E-state index in [1.807, 2.05) is 32.0 Å². The molecule has 0 atom stereocenters. The Labute approximate surface area is 170 Å². The predicted molar refractivity (Wildman–Crippen MR) is 98.6 cm³/mol. The largest absolute Gasteiger partial charge is 1.00 e. The van der Waals surface area contributed by atoms with Crippen LogP contribution in [0.5, 0.6) is 0 Å². The lowest BCUT2D eigenvalue weighted by molar-refractivity contribution is -0.683. The molecule has 0 spiro atoms. The molecule has 0 aromatic carbocycles. The number of hydrogen-bond donors (Lipinski definition) is 0. The van der Waals surface area contributed by atoms with E-state index in [-0.39, 0.29) is 24.7 Å². The third-order valence-electron chi connectivity index (χ3n) is 4.46. The minimum atomic E-state index is -0.393. The van der Waals surface area contributed by atoms with Gasteiger partial charge in [0.05, 0.1) is 19.4 Å². The minimum absolute atomic E-state index is 0. The lowest BCUT2D eigenvalue weighted by atomic mass is 10.1. The molecule has 3 aromatic heterocycles. The fourth-order valence-corrected chi connectivity index (χ4v) is 3.09. The maximum atomic E-state index is 12.8. The van der Waals surface area contributed by atoms with Crippen LogP contribution in [-0.2, 0) is 17.8 Å². The van der Waals surface area contributed by atoms with Crippen molar-refractivity contribution in [2.24, 2.45) is 0 Å². The van der Waals surface area contributed by atoms with Crippen molar-refractivity contribution >= 4 is 11.8 Å². The van der Waals surface area contributed by atoms with E-state index in [1.54, 1.807) is 42.3 Å². The zero-order chi connectivity index (χ0) is 19.4. The lowest BCUT2D eigenvalue weighted by Crippen LogP contribution is -3.00. The molecule has 0 radical (unpaired) electrons. The molecule has 0 N–H and O–H groups in total. The van der Waals surface area contributed by atoms with Crippen molar-refractivity contribution in [1.29, 1.82) is 0 Å². The first kappa shape index (κ1) is 21.4. The van der Waals surface area contributed by atoms with Crippen LogP contribution in [-0.4, -0.2) is 22.9 Å². The smallest absolute Gasteiger partial charge is 0.344 e. The van der Waals surface area contributed by atoms with Crippen LogP contribution in [0.1, 0.15) is 44.8 Å². The number of halogens is 1. The summed E-state index contributed by atoms with van der Waals surface area (Å²) in [7, 11) is 0. The predicted octanol–water partition coefficient (Wildman–Crippen LogP) is 0.0973. The quantitative estimate of drug-likeness (QED) is 0.319. The van der Waals surface area contributed by atoms with Crippen molar-refractivity contribution in [3.8, 4) is 0 Å². The summed E-state index contributed by atoms with van der Waals surface area (Å²) in [6.07, 6.45) is 5.04. The normalized spacial score (nSPS) is 10.4. The lowest BCUT2D eigenvalue weighted by Gasteiger charge is -2.07. The maximum Gasteiger partial charge on any atom is 0.344 e. The van der Waals surface area contributed by atoms with E-state index in [4.69, 9.17) is 9.15 Å². The van der Waals surface area contributed by atoms with Crippen LogP contribution >= 0.6 is 0 Å². The molecule has 0 fully saturated rings. The first-order chi connectivity index (χ1) is 13.0. The summed E-state index contributed by atoms with van der Waals surface area (Å²) in [6.45, 7) is 6.72. The van der Waals surface area contributed by atoms with Gasteiger partial charge in [-0.1, -0.05) is 0 Å². The van der Waals surface area contributed by atoms with E-state index in [0.29, 0.717) is 24.3 Å². The van der Waals surface area contributed by atoms with Gasteiger partial charge in [0.2, 0.25) is 12.3 Å². The topological polar surface area (TPSA) is 65.3 Å². The number of pyridine rings is 1. The molecule has 0 amide bonds. The summed E-state index contributed by atoms with van der Waals surface area (Å²) < 4.78 is 14.2. The SMILES string of the molecule is CCOC(=O)c1ccc[n+](CC(=O)c2cc(C)n(Cc3ccco3)c2C)c1.[Cl-]. The Hall–Kier alpha value is -2.86. The number of hydrogen-bond acceptors (Lipinski definition) is 4. The van der Waals surface area contributed by atoms with Gasteiger partial charge in [0.15, 0.2) is 12.4 Å². The van der Waals surface area contributed by atoms with E-state index >= 15 is 0 Å². The monoisotopic (exact) mass is 402 g/mol. The molecule has 148 valence electrons. The van der Waals surface area contributed by atoms with Gasteiger partial charge in [0, 0.05) is 23.0 Å². The Balaban J connectivity index is 0.00000280. The summed E-state index contributed by atoms with van der Waals surface area (Å²) in [5.74, 6) is 0.433. The van der Waals surface area contributed by atoms with Gasteiger partial charge in [-0.25, -0.2) is 4.79 Å². The third-order valence-corrected chi connectivity index (χ3v) is 4.46. The molecule has 7 heteroatoms. The van der Waals surface area contributed by atoms with Gasteiger partial charge in [-0.05, 0) is 45.0 Å². The number of nitrogens with zero attached hydrogens (tertiary/aromatic N) is 2. The second-order valence-corrected chi connectivity index (χ2v) is 6.36. The first-order valence-corrected chi connectivity index (χ1v) is 8.88. The molecule has 3 rings (SSSR count). The first-order valence-electron chi connectivity index (χ1n) is 8.88. The molecule has 0 saturated carbocycles. The number of ketones is 1. The number of esters is 1. The fraction of sp³-hybridized carbons (Fsp3) is 0.286. The van der Waals surface area contributed by atoms with Crippen LogP contribution in [0.4, 0.5) is 0 Å². The zero-order valence-corrected chi connectivity index (χ0v) is 16.9. The minimum Gasteiger partial charge on any atom is -1.00 e. The number of aryl methyl sites for hydroxylation is 1. The molecule has 28 heavy (non-hydrogen) atoms. The van der Waals surface area contributed by atoms with Crippen molar-refractivity contribution in [2.45, 2.75) is 33.9 Å². The standard InChI is InChI=1S/C21H23N2O4.ClH/c1-4-26-21(25)17-7-5-9-22(12-17)14-20(24)19-11-15(2)23(16(19)3)13-18-8-6-10-27-18;/h5-12H,4,13-14H2,1-3H3;1H/q+1;/p-1. The van der Waals surface area contributed by atoms with Crippen molar-refractivity contribution in [3.63, 3.8) is 0 Å². The Morgan fingerprint density at radius 2 is 2.00 bits per heavy atom. The number of aromatic nitrogens is 2. The number of ether oxygens (including phenoxy) is 1. The van der Waals surface area contributed by atoms with Crippen LogP contribution < -0.4 is 17.0 Å². The summed E-state index contributed by atoms with van der Waals surface area (Å²) in [6, 6.07) is 9.07. The molecule has 6 nitrogen and oxygen atoms in total. The Morgan fingerprint density at radius 1 is 1.21 bits per heavy atom.